The van der Waals surface area contributed by atoms with Gasteiger partial charge < -0.3 is 18.8 Å². The van der Waals surface area contributed by atoms with Gasteiger partial charge in [0.15, 0.2) is 0 Å². The van der Waals surface area contributed by atoms with Crippen LogP contribution in [0.25, 0.3) is 11.5 Å². The number of rotatable bonds is 6. The van der Waals surface area contributed by atoms with Crippen LogP contribution < -0.4 is 9.47 Å². The summed E-state index contributed by atoms with van der Waals surface area (Å²) < 4.78 is 16.1. The summed E-state index contributed by atoms with van der Waals surface area (Å²) in [5.74, 6) is 1.56. The van der Waals surface area contributed by atoms with Crippen molar-refractivity contribution >= 4 is 17.7 Å². The number of amides is 1. The second kappa shape index (κ2) is 7.36. The maximum absolute atomic E-state index is 11.9. The molecule has 2 rings (SSSR count). The normalized spacial score (nSPS) is 11.9. The second-order valence-corrected chi connectivity index (χ2v) is 6.22. The van der Waals surface area contributed by atoms with Crippen LogP contribution >= 0.6 is 11.8 Å². The van der Waals surface area contributed by atoms with E-state index >= 15 is 0 Å². The molecule has 1 aromatic carbocycles. The molecule has 0 spiro atoms. The van der Waals surface area contributed by atoms with Gasteiger partial charge in [0.2, 0.25) is 5.91 Å². The Morgan fingerprint density at radius 2 is 2.00 bits per heavy atom. The predicted octanol–water partition coefficient (Wildman–Crippen LogP) is 2.32. The first-order chi connectivity index (χ1) is 11.0. The summed E-state index contributed by atoms with van der Waals surface area (Å²) in [7, 11) is 6.56. The summed E-state index contributed by atoms with van der Waals surface area (Å²) in [5, 5.41) is 8.03. The maximum Gasteiger partial charge on any atom is 0.277 e. The number of thioether (sulfide) groups is 1. The van der Waals surface area contributed by atoms with E-state index in [0.29, 0.717) is 28.2 Å². The Hall–Kier alpha value is -2.22. The van der Waals surface area contributed by atoms with Gasteiger partial charge >= 0.3 is 0 Å². The van der Waals surface area contributed by atoms with Crippen molar-refractivity contribution < 1.29 is 18.7 Å². The van der Waals surface area contributed by atoms with Crippen LogP contribution in [0, 0.1) is 0 Å². The van der Waals surface area contributed by atoms with Crippen LogP contribution in [0.3, 0.4) is 0 Å². The van der Waals surface area contributed by atoms with Crippen molar-refractivity contribution in [3.63, 3.8) is 0 Å². The van der Waals surface area contributed by atoms with E-state index in [-0.39, 0.29) is 11.2 Å². The lowest BCUT2D eigenvalue weighted by atomic mass is 10.2. The minimum Gasteiger partial charge on any atom is -0.497 e. The molecule has 0 saturated carbocycles. The van der Waals surface area contributed by atoms with Gasteiger partial charge in [-0.2, -0.15) is 0 Å². The van der Waals surface area contributed by atoms with Gasteiger partial charge in [0.25, 0.3) is 11.1 Å². The first-order valence-electron chi connectivity index (χ1n) is 6.90. The number of carbonyl (C=O) groups excluding carboxylic acids is 1. The lowest BCUT2D eigenvalue weighted by Gasteiger charge is -2.14. The third kappa shape index (κ3) is 3.95. The smallest absolute Gasteiger partial charge is 0.277 e. The molecular formula is C15H19N3O4S. The Bertz CT molecular complexity index is 687. The third-order valence-corrected chi connectivity index (χ3v) is 4.03. The van der Waals surface area contributed by atoms with Gasteiger partial charge in [0, 0.05) is 20.2 Å². The number of aromatic nitrogens is 2. The van der Waals surface area contributed by atoms with Crippen LogP contribution in [-0.2, 0) is 4.79 Å². The van der Waals surface area contributed by atoms with Crippen LogP contribution in [0.15, 0.2) is 27.8 Å². The monoisotopic (exact) mass is 337 g/mol. The fourth-order valence-electron chi connectivity index (χ4n) is 1.91. The van der Waals surface area contributed by atoms with E-state index in [1.165, 1.54) is 16.7 Å². The lowest BCUT2D eigenvalue weighted by molar-refractivity contribution is -0.127. The Morgan fingerprint density at radius 3 is 2.61 bits per heavy atom. The zero-order valence-corrected chi connectivity index (χ0v) is 14.5. The summed E-state index contributed by atoms with van der Waals surface area (Å²) in [4.78, 5) is 13.4. The SMILES string of the molecule is COc1ccc(-c2nnc(S[C@H](C)C(=O)N(C)C)o2)c(OC)c1. The molecule has 124 valence electrons. The van der Waals surface area contributed by atoms with Gasteiger partial charge in [0.05, 0.1) is 25.0 Å². The summed E-state index contributed by atoms with van der Waals surface area (Å²) >= 11 is 1.22. The van der Waals surface area contributed by atoms with Crippen LogP contribution in [-0.4, -0.2) is 54.6 Å². The molecule has 8 heteroatoms. The first kappa shape index (κ1) is 17.1. The zero-order chi connectivity index (χ0) is 17.0. The molecule has 7 nitrogen and oxygen atoms in total. The first-order valence-corrected chi connectivity index (χ1v) is 7.78. The lowest BCUT2D eigenvalue weighted by Crippen LogP contribution is -2.29. The standard InChI is InChI=1S/C15H19N3O4S/c1-9(14(19)18(2)3)23-15-17-16-13(22-15)11-7-6-10(20-4)8-12(11)21-5/h6-9H,1-5H3/t9-/m1/s1. The average molecular weight is 337 g/mol. The molecule has 0 bridgehead atoms. The Morgan fingerprint density at radius 1 is 1.26 bits per heavy atom. The van der Waals surface area contributed by atoms with E-state index in [2.05, 4.69) is 10.2 Å². The molecule has 1 amide bonds. The molecule has 0 saturated heterocycles. The van der Waals surface area contributed by atoms with Crippen LogP contribution in [0.4, 0.5) is 0 Å². The minimum absolute atomic E-state index is 0.0169. The quantitative estimate of drug-likeness (QED) is 0.749. The highest BCUT2D eigenvalue weighted by Gasteiger charge is 2.21. The largest absolute Gasteiger partial charge is 0.497 e. The molecule has 0 radical (unpaired) electrons. The Labute approximate surface area is 139 Å². The van der Waals surface area contributed by atoms with Gasteiger partial charge in [-0.05, 0) is 19.1 Å². The highest BCUT2D eigenvalue weighted by molar-refractivity contribution is 8.00. The molecule has 1 heterocycles. The zero-order valence-electron chi connectivity index (χ0n) is 13.7. The van der Waals surface area contributed by atoms with E-state index in [4.69, 9.17) is 13.9 Å². The van der Waals surface area contributed by atoms with Gasteiger partial charge in [0.1, 0.15) is 11.5 Å². The number of nitrogens with zero attached hydrogens (tertiary/aromatic N) is 3. The van der Waals surface area contributed by atoms with Crippen LogP contribution in [0.2, 0.25) is 0 Å². The molecule has 0 aliphatic rings. The number of ether oxygens (including phenoxy) is 2. The topological polar surface area (TPSA) is 77.7 Å². The van der Waals surface area contributed by atoms with Crippen molar-refractivity contribution in [2.45, 2.75) is 17.4 Å². The summed E-state index contributed by atoms with van der Waals surface area (Å²) in [5.41, 5.74) is 0.666. The average Bonchev–Trinajstić information content (AvgIpc) is 3.01. The fraction of sp³-hybridized carbons (Fsp3) is 0.400. The fourth-order valence-corrected chi connectivity index (χ4v) is 2.74. The van der Waals surface area contributed by atoms with Crippen LogP contribution in [0.1, 0.15) is 6.92 Å². The molecule has 23 heavy (non-hydrogen) atoms. The molecule has 0 aliphatic carbocycles. The van der Waals surface area contributed by atoms with Gasteiger partial charge in [-0.25, -0.2) is 0 Å². The molecular weight excluding hydrogens is 318 g/mol. The predicted molar refractivity (Wildman–Crippen MR) is 86.9 cm³/mol. The van der Waals surface area contributed by atoms with Gasteiger partial charge in [-0.15, -0.1) is 10.2 Å². The van der Waals surface area contributed by atoms with Crippen molar-refractivity contribution in [2.24, 2.45) is 0 Å². The van der Waals surface area contributed by atoms with Crippen LogP contribution in [0.5, 0.6) is 11.5 Å². The summed E-state index contributed by atoms with van der Waals surface area (Å²) in [6.07, 6.45) is 0. The Kier molecular flexibility index (Phi) is 5.49. The molecule has 0 aliphatic heterocycles. The van der Waals surface area contributed by atoms with Crippen molar-refractivity contribution in [1.82, 2.24) is 15.1 Å². The van der Waals surface area contributed by atoms with Crippen molar-refractivity contribution in [1.29, 1.82) is 0 Å². The van der Waals surface area contributed by atoms with E-state index in [1.54, 1.807) is 53.4 Å². The van der Waals surface area contributed by atoms with Crippen molar-refractivity contribution in [3.8, 4) is 23.0 Å². The molecule has 0 unspecified atom stereocenters. The van der Waals surface area contributed by atoms with E-state index in [9.17, 15) is 4.79 Å². The molecule has 1 atom stereocenters. The maximum atomic E-state index is 11.9. The van der Waals surface area contributed by atoms with Gasteiger partial charge in [-0.1, -0.05) is 11.8 Å². The van der Waals surface area contributed by atoms with Gasteiger partial charge in [-0.3, -0.25) is 4.79 Å². The van der Waals surface area contributed by atoms with Crippen molar-refractivity contribution in [2.75, 3.05) is 28.3 Å². The number of benzene rings is 1. The highest BCUT2D eigenvalue weighted by atomic mass is 32.2. The van der Waals surface area contributed by atoms with E-state index in [1.807, 2.05) is 0 Å². The minimum atomic E-state index is -0.309. The molecule has 1 aromatic heterocycles. The second-order valence-electron chi connectivity index (χ2n) is 4.93. The Balaban J connectivity index is 2.21. The molecule has 0 fully saturated rings. The van der Waals surface area contributed by atoms with Crippen molar-refractivity contribution in [3.05, 3.63) is 18.2 Å². The number of hydrogen-bond donors (Lipinski definition) is 0. The number of methoxy groups -OCH3 is 2. The van der Waals surface area contributed by atoms with E-state index < -0.39 is 0 Å². The summed E-state index contributed by atoms with van der Waals surface area (Å²) in [6.45, 7) is 1.80. The highest BCUT2D eigenvalue weighted by Crippen LogP contribution is 2.34. The molecule has 0 N–H and O–H groups in total. The number of carbonyl (C=O) groups is 1. The molecule has 2 aromatic rings. The summed E-state index contributed by atoms with van der Waals surface area (Å²) in [6, 6.07) is 5.31. The third-order valence-electron chi connectivity index (χ3n) is 3.11. The number of hydrogen-bond acceptors (Lipinski definition) is 7. The van der Waals surface area contributed by atoms with E-state index in [0.717, 1.165) is 0 Å².